The van der Waals surface area contributed by atoms with Gasteiger partial charge in [0.1, 0.15) is 5.75 Å². The Hall–Kier alpha value is -3.42. The molecular weight excluding hydrogens is 422 g/mol. The van der Waals surface area contributed by atoms with Crippen LogP contribution in [-0.4, -0.2) is 50.8 Å². The lowest BCUT2D eigenvalue weighted by Gasteiger charge is -2.38. The van der Waals surface area contributed by atoms with E-state index in [1.165, 1.54) is 0 Å². The lowest BCUT2D eigenvalue weighted by Crippen LogP contribution is -2.47. The van der Waals surface area contributed by atoms with Gasteiger partial charge in [0.15, 0.2) is 11.5 Å². The molecule has 2 aromatic carbocycles. The Kier molecular flexibility index (Phi) is 6.91. The Morgan fingerprint density at radius 2 is 1.76 bits per heavy atom. The standard InChI is InChI=1S/C25H31N3O5/c1-4-33-19-9-7-18(8-10-19)27-25(30)28-12-11-17-13-22(31-2)23(32-3)14-20(17)21(28)15-26-24(29)16-5-6-16/h7-10,13-14,16,21H,4-6,11-12,15H2,1-3H3,(H,26,29)(H,27,30)/t21-/m1/s1. The summed E-state index contributed by atoms with van der Waals surface area (Å²) in [6.07, 6.45) is 2.54. The summed E-state index contributed by atoms with van der Waals surface area (Å²) >= 11 is 0. The molecule has 8 heteroatoms. The third-order valence-corrected chi connectivity index (χ3v) is 6.10. The second kappa shape index (κ2) is 10.0. The number of benzene rings is 2. The van der Waals surface area contributed by atoms with Crippen molar-refractivity contribution in [2.45, 2.75) is 32.2 Å². The topological polar surface area (TPSA) is 89.1 Å². The van der Waals surface area contributed by atoms with Crippen molar-refractivity contribution in [3.8, 4) is 17.2 Å². The zero-order valence-corrected chi connectivity index (χ0v) is 19.3. The maximum Gasteiger partial charge on any atom is 0.322 e. The van der Waals surface area contributed by atoms with Crippen LogP contribution in [0, 0.1) is 5.92 Å². The average Bonchev–Trinajstić information content (AvgIpc) is 3.68. The van der Waals surface area contributed by atoms with Crippen molar-refractivity contribution < 1.29 is 23.8 Å². The summed E-state index contributed by atoms with van der Waals surface area (Å²) in [5, 5.41) is 6.02. The fourth-order valence-electron chi connectivity index (χ4n) is 4.17. The highest BCUT2D eigenvalue weighted by Gasteiger charge is 2.35. The Morgan fingerprint density at radius 3 is 2.39 bits per heavy atom. The zero-order chi connectivity index (χ0) is 23.4. The lowest BCUT2D eigenvalue weighted by atomic mass is 9.91. The first-order chi connectivity index (χ1) is 16.0. The Bertz CT molecular complexity index is 1000. The average molecular weight is 454 g/mol. The third kappa shape index (κ3) is 5.16. The number of urea groups is 1. The number of carbonyl (C=O) groups is 2. The summed E-state index contributed by atoms with van der Waals surface area (Å²) < 4.78 is 16.4. The Morgan fingerprint density at radius 1 is 1.06 bits per heavy atom. The highest BCUT2D eigenvalue weighted by Crippen LogP contribution is 2.38. The van der Waals surface area contributed by atoms with Crippen LogP contribution in [0.15, 0.2) is 36.4 Å². The maximum absolute atomic E-state index is 13.3. The molecule has 2 aromatic rings. The fraction of sp³-hybridized carbons (Fsp3) is 0.440. The van der Waals surface area contributed by atoms with E-state index in [-0.39, 0.29) is 23.9 Å². The summed E-state index contributed by atoms with van der Waals surface area (Å²) in [6.45, 7) is 3.38. The van der Waals surface area contributed by atoms with Crippen LogP contribution in [0.5, 0.6) is 17.2 Å². The van der Waals surface area contributed by atoms with Gasteiger partial charge in [-0.15, -0.1) is 0 Å². The molecule has 1 aliphatic carbocycles. The molecule has 176 valence electrons. The van der Waals surface area contributed by atoms with Crippen LogP contribution in [0.1, 0.15) is 36.9 Å². The van der Waals surface area contributed by atoms with Crippen LogP contribution in [0.4, 0.5) is 10.5 Å². The van der Waals surface area contributed by atoms with Gasteiger partial charge in [0.25, 0.3) is 0 Å². The van der Waals surface area contributed by atoms with Crippen molar-refractivity contribution in [3.05, 3.63) is 47.5 Å². The van der Waals surface area contributed by atoms with Gasteiger partial charge >= 0.3 is 6.03 Å². The number of anilines is 1. The molecule has 0 unspecified atom stereocenters. The first-order valence-corrected chi connectivity index (χ1v) is 11.4. The van der Waals surface area contributed by atoms with E-state index in [0.717, 1.165) is 29.7 Å². The summed E-state index contributed by atoms with van der Waals surface area (Å²) in [7, 11) is 3.20. The molecule has 2 N–H and O–H groups in total. The normalized spacial score (nSPS) is 17.1. The quantitative estimate of drug-likeness (QED) is 0.635. The second-order valence-electron chi connectivity index (χ2n) is 8.27. The third-order valence-electron chi connectivity index (χ3n) is 6.10. The molecule has 1 saturated carbocycles. The predicted octanol–water partition coefficient (Wildman–Crippen LogP) is 3.76. The van der Waals surface area contributed by atoms with Crippen molar-refractivity contribution in [3.63, 3.8) is 0 Å². The molecule has 1 fully saturated rings. The van der Waals surface area contributed by atoms with Crippen molar-refractivity contribution in [1.29, 1.82) is 0 Å². The van der Waals surface area contributed by atoms with Crippen molar-refractivity contribution in [1.82, 2.24) is 10.2 Å². The Labute approximate surface area is 194 Å². The number of fused-ring (bicyclic) bond motifs is 1. The van der Waals surface area contributed by atoms with Crippen LogP contribution >= 0.6 is 0 Å². The largest absolute Gasteiger partial charge is 0.494 e. The molecule has 0 radical (unpaired) electrons. The van der Waals surface area contributed by atoms with E-state index < -0.39 is 0 Å². The second-order valence-corrected chi connectivity index (χ2v) is 8.27. The van der Waals surface area contributed by atoms with Crippen LogP contribution in [-0.2, 0) is 11.2 Å². The highest BCUT2D eigenvalue weighted by atomic mass is 16.5. The van der Waals surface area contributed by atoms with Crippen LogP contribution in [0.2, 0.25) is 0 Å². The van der Waals surface area contributed by atoms with Crippen LogP contribution < -0.4 is 24.8 Å². The number of amides is 3. The zero-order valence-electron chi connectivity index (χ0n) is 19.3. The minimum Gasteiger partial charge on any atom is -0.494 e. The summed E-state index contributed by atoms with van der Waals surface area (Å²) in [5.41, 5.74) is 2.72. The monoisotopic (exact) mass is 453 g/mol. The van der Waals surface area contributed by atoms with Gasteiger partial charge in [-0.1, -0.05) is 0 Å². The van der Waals surface area contributed by atoms with E-state index in [1.54, 1.807) is 19.1 Å². The van der Waals surface area contributed by atoms with Gasteiger partial charge in [-0.2, -0.15) is 0 Å². The van der Waals surface area contributed by atoms with Gasteiger partial charge in [-0.25, -0.2) is 4.79 Å². The van der Waals surface area contributed by atoms with E-state index >= 15 is 0 Å². The van der Waals surface area contributed by atoms with Gasteiger partial charge in [0.2, 0.25) is 5.91 Å². The molecule has 1 atom stereocenters. The molecule has 0 aromatic heterocycles. The number of rotatable bonds is 8. The molecule has 1 heterocycles. The summed E-state index contributed by atoms with van der Waals surface area (Å²) in [6, 6.07) is 10.6. The van der Waals surface area contributed by atoms with Crippen molar-refractivity contribution in [2.24, 2.45) is 5.92 Å². The van der Waals surface area contributed by atoms with E-state index in [0.29, 0.717) is 43.3 Å². The number of nitrogens with zero attached hydrogens (tertiary/aromatic N) is 1. The molecule has 4 rings (SSSR count). The highest BCUT2D eigenvalue weighted by molar-refractivity contribution is 5.90. The molecule has 2 aliphatic rings. The number of carbonyl (C=O) groups excluding carboxylic acids is 2. The molecular formula is C25H31N3O5. The Balaban J connectivity index is 1.57. The number of nitrogens with one attached hydrogen (secondary N) is 2. The van der Waals surface area contributed by atoms with Crippen molar-refractivity contribution >= 4 is 17.6 Å². The molecule has 33 heavy (non-hydrogen) atoms. The molecule has 0 saturated heterocycles. The number of hydrogen-bond donors (Lipinski definition) is 2. The maximum atomic E-state index is 13.3. The first kappa shape index (κ1) is 22.8. The summed E-state index contributed by atoms with van der Waals surface area (Å²) in [5.74, 6) is 2.16. The van der Waals surface area contributed by atoms with Gasteiger partial charge in [-0.05, 0) is 73.7 Å². The fourth-order valence-corrected chi connectivity index (χ4v) is 4.17. The number of ether oxygens (including phenoxy) is 3. The van der Waals surface area contributed by atoms with Crippen LogP contribution in [0.25, 0.3) is 0 Å². The smallest absolute Gasteiger partial charge is 0.322 e. The van der Waals surface area contributed by atoms with E-state index in [4.69, 9.17) is 14.2 Å². The predicted molar refractivity (Wildman–Crippen MR) is 125 cm³/mol. The molecule has 3 amide bonds. The van der Waals surface area contributed by atoms with Gasteiger partial charge in [0.05, 0.1) is 26.9 Å². The molecule has 1 aliphatic heterocycles. The molecule has 0 spiro atoms. The molecule has 0 bridgehead atoms. The van der Waals surface area contributed by atoms with E-state index in [2.05, 4.69) is 10.6 Å². The van der Waals surface area contributed by atoms with Gasteiger partial charge in [-0.3, -0.25) is 4.79 Å². The summed E-state index contributed by atoms with van der Waals surface area (Å²) in [4.78, 5) is 27.4. The first-order valence-electron chi connectivity index (χ1n) is 11.4. The minimum absolute atomic E-state index is 0.0504. The number of hydrogen-bond acceptors (Lipinski definition) is 5. The van der Waals surface area contributed by atoms with E-state index in [9.17, 15) is 9.59 Å². The van der Waals surface area contributed by atoms with Gasteiger partial charge < -0.3 is 29.7 Å². The van der Waals surface area contributed by atoms with Gasteiger partial charge in [0, 0.05) is 24.7 Å². The minimum atomic E-state index is -0.320. The number of methoxy groups -OCH3 is 2. The van der Waals surface area contributed by atoms with E-state index in [1.807, 2.05) is 43.3 Å². The lowest BCUT2D eigenvalue weighted by molar-refractivity contribution is -0.122. The van der Waals surface area contributed by atoms with Crippen LogP contribution in [0.3, 0.4) is 0 Å². The molecule has 8 nitrogen and oxygen atoms in total. The van der Waals surface area contributed by atoms with Crippen molar-refractivity contribution in [2.75, 3.05) is 39.2 Å². The SMILES string of the molecule is CCOc1ccc(NC(=O)N2CCc3cc(OC)c(OC)cc3[C@H]2CNC(=O)C2CC2)cc1.